The molecule has 84 valence electrons. The van der Waals surface area contributed by atoms with Crippen LogP contribution in [-0.4, -0.2) is 16.9 Å². The Morgan fingerprint density at radius 1 is 1.44 bits per heavy atom. The van der Waals surface area contributed by atoms with Crippen LogP contribution in [-0.2, 0) is 6.54 Å². The zero-order valence-electron chi connectivity index (χ0n) is 8.85. The summed E-state index contributed by atoms with van der Waals surface area (Å²) in [7, 11) is 1.61. The molecule has 0 atom stereocenters. The number of methoxy groups -OCH3 is 1. The van der Waals surface area contributed by atoms with E-state index in [1.54, 1.807) is 18.0 Å². The van der Waals surface area contributed by atoms with E-state index < -0.39 is 0 Å². The van der Waals surface area contributed by atoms with Crippen molar-refractivity contribution < 1.29 is 4.74 Å². The smallest absolute Gasteiger partial charge is 0.220 e. The number of nitrogens with zero attached hydrogens (tertiary/aromatic N) is 2. The van der Waals surface area contributed by atoms with Crippen molar-refractivity contribution in [3.05, 3.63) is 40.5 Å². The van der Waals surface area contributed by atoms with E-state index in [-0.39, 0.29) is 0 Å². The summed E-state index contributed by atoms with van der Waals surface area (Å²) in [6.45, 7) is 0.410. The van der Waals surface area contributed by atoms with Gasteiger partial charge < -0.3 is 10.5 Å². The van der Waals surface area contributed by atoms with Gasteiger partial charge in [-0.1, -0.05) is 12.1 Å². The molecule has 1 heterocycles. The first-order valence-electron chi connectivity index (χ1n) is 4.83. The van der Waals surface area contributed by atoms with Gasteiger partial charge in [0.2, 0.25) is 5.88 Å². The molecule has 0 saturated heterocycles. The molecule has 2 aromatic rings. The molecule has 0 aliphatic rings. The van der Waals surface area contributed by atoms with Gasteiger partial charge in [-0.2, -0.15) is 9.78 Å². The van der Waals surface area contributed by atoms with Crippen molar-refractivity contribution >= 4 is 15.9 Å². The third-order valence-corrected chi connectivity index (χ3v) is 2.96. The lowest BCUT2D eigenvalue weighted by atomic mass is 10.3. The first-order chi connectivity index (χ1) is 7.77. The molecule has 4 nitrogen and oxygen atoms in total. The van der Waals surface area contributed by atoms with Gasteiger partial charge in [0.05, 0.1) is 19.0 Å². The van der Waals surface area contributed by atoms with Crippen molar-refractivity contribution in [1.82, 2.24) is 9.78 Å². The summed E-state index contributed by atoms with van der Waals surface area (Å²) in [5.74, 6) is 0.675. The average Bonchev–Trinajstić information content (AvgIpc) is 2.72. The second-order valence-electron chi connectivity index (χ2n) is 3.25. The number of aromatic nitrogens is 2. The van der Waals surface area contributed by atoms with Gasteiger partial charge in [0.1, 0.15) is 0 Å². The predicted molar refractivity (Wildman–Crippen MR) is 65.7 cm³/mol. The Labute approximate surface area is 102 Å². The molecule has 16 heavy (non-hydrogen) atoms. The van der Waals surface area contributed by atoms with Crippen LogP contribution in [0.2, 0.25) is 0 Å². The predicted octanol–water partition coefficient (Wildman–Crippen LogP) is 2.10. The quantitative estimate of drug-likeness (QED) is 0.938. The van der Waals surface area contributed by atoms with Crippen LogP contribution >= 0.6 is 15.9 Å². The van der Waals surface area contributed by atoms with Gasteiger partial charge in [0, 0.05) is 16.6 Å². The second kappa shape index (κ2) is 4.67. The van der Waals surface area contributed by atoms with Gasteiger partial charge in [0.15, 0.2) is 0 Å². The zero-order chi connectivity index (χ0) is 11.5. The summed E-state index contributed by atoms with van der Waals surface area (Å²) >= 11 is 3.48. The molecule has 5 heteroatoms. The summed E-state index contributed by atoms with van der Waals surface area (Å²) in [6, 6.07) is 7.81. The van der Waals surface area contributed by atoms with E-state index in [0.29, 0.717) is 12.4 Å². The maximum absolute atomic E-state index is 5.61. The largest absolute Gasteiger partial charge is 0.481 e. The minimum Gasteiger partial charge on any atom is -0.481 e. The number of benzene rings is 1. The third kappa shape index (κ3) is 1.83. The third-order valence-electron chi connectivity index (χ3n) is 2.29. The molecule has 0 fully saturated rings. The van der Waals surface area contributed by atoms with E-state index >= 15 is 0 Å². The number of rotatable bonds is 3. The van der Waals surface area contributed by atoms with Crippen LogP contribution in [0.1, 0.15) is 5.56 Å². The maximum atomic E-state index is 5.61. The topological polar surface area (TPSA) is 53.1 Å². The van der Waals surface area contributed by atoms with Crippen LogP contribution in [0, 0.1) is 0 Å². The van der Waals surface area contributed by atoms with Crippen molar-refractivity contribution in [2.75, 3.05) is 7.11 Å². The van der Waals surface area contributed by atoms with Crippen LogP contribution in [0.5, 0.6) is 5.88 Å². The SMILES string of the molecule is COc1c(CN)cnn1-c1ccccc1Br. The lowest BCUT2D eigenvalue weighted by molar-refractivity contribution is 0.379. The van der Waals surface area contributed by atoms with E-state index in [4.69, 9.17) is 10.5 Å². The molecule has 0 amide bonds. The first kappa shape index (κ1) is 11.2. The molecule has 1 aromatic carbocycles. The lowest BCUT2D eigenvalue weighted by Gasteiger charge is -2.08. The van der Waals surface area contributed by atoms with Gasteiger partial charge in [0.25, 0.3) is 0 Å². The second-order valence-corrected chi connectivity index (χ2v) is 4.10. The van der Waals surface area contributed by atoms with E-state index in [0.717, 1.165) is 15.7 Å². The Balaban J connectivity index is 2.56. The minimum atomic E-state index is 0.410. The van der Waals surface area contributed by atoms with Crippen molar-refractivity contribution in [2.45, 2.75) is 6.54 Å². The highest BCUT2D eigenvalue weighted by Gasteiger charge is 2.12. The highest BCUT2D eigenvalue weighted by atomic mass is 79.9. The van der Waals surface area contributed by atoms with Gasteiger partial charge in [-0.3, -0.25) is 0 Å². The Bertz CT molecular complexity index is 496. The van der Waals surface area contributed by atoms with Crippen LogP contribution in [0.3, 0.4) is 0 Å². The molecule has 0 bridgehead atoms. The fourth-order valence-corrected chi connectivity index (χ4v) is 1.98. The summed E-state index contributed by atoms with van der Waals surface area (Å²) in [5, 5.41) is 4.27. The molecule has 0 spiro atoms. The standard InChI is InChI=1S/C11H12BrN3O/c1-16-11-8(6-13)7-14-15(11)10-5-3-2-4-9(10)12/h2-5,7H,6,13H2,1H3. The number of ether oxygens (including phenoxy) is 1. The highest BCUT2D eigenvalue weighted by molar-refractivity contribution is 9.10. The summed E-state index contributed by atoms with van der Waals surface area (Å²) in [5.41, 5.74) is 7.43. The molecule has 0 radical (unpaired) electrons. The number of hydrogen-bond donors (Lipinski definition) is 1. The summed E-state index contributed by atoms with van der Waals surface area (Å²) < 4.78 is 8.00. The Morgan fingerprint density at radius 3 is 2.81 bits per heavy atom. The molecule has 0 unspecified atom stereocenters. The van der Waals surface area contributed by atoms with E-state index in [1.807, 2.05) is 24.3 Å². The number of para-hydroxylation sites is 1. The van der Waals surface area contributed by atoms with E-state index in [2.05, 4.69) is 21.0 Å². The lowest BCUT2D eigenvalue weighted by Crippen LogP contribution is -2.03. The van der Waals surface area contributed by atoms with Crippen molar-refractivity contribution in [3.63, 3.8) is 0 Å². The monoisotopic (exact) mass is 281 g/mol. The number of halogens is 1. The molecule has 1 aromatic heterocycles. The van der Waals surface area contributed by atoms with Crippen LogP contribution in [0.15, 0.2) is 34.9 Å². The normalized spacial score (nSPS) is 10.4. The fraction of sp³-hybridized carbons (Fsp3) is 0.182. The zero-order valence-corrected chi connectivity index (χ0v) is 10.4. The van der Waals surface area contributed by atoms with Crippen LogP contribution in [0.4, 0.5) is 0 Å². The molecule has 0 aliphatic heterocycles. The maximum Gasteiger partial charge on any atom is 0.220 e. The molecular weight excluding hydrogens is 270 g/mol. The van der Waals surface area contributed by atoms with Gasteiger partial charge in [-0.15, -0.1) is 0 Å². The van der Waals surface area contributed by atoms with Crippen molar-refractivity contribution in [2.24, 2.45) is 5.73 Å². The van der Waals surface area contributed by atoms with Gasteiger partial charge in [-0.05, 0) is 28.1 Å². The molecule has 0 saturated carbocycles. The van der Waals surface area contributed by atoms with Crippen molar-refractivity contribution in [1.29, 1.82) is 0 Å². The van der Waals surface area contributed by atoms with E-state index in [1.165, 1.54) is 0 Å². The summed E-state index contributed by atoms with van der Waals surface area (Å²) in [6.07, 6.45) is 1.72. The molecular formula is C11H12BrN3O. The first-order valence-corrected chi connectivity index (χ1v) is 5.63. The van der Waals surface area contributed by atoms with Gasteiger partial charge >= 0.3 is 0 Å². The Kier molecular flexibility index (Phi) is 3.26. The molecule has 2 N–H and O–H groups in total. The summed E-state index contributed by atoms with van der Waals surface area (Å²) in [4.78, 5) is 0. The van der Waals surface area contributed by atoms with Crippen LogP contribution in [0.25, 0.3) is 5.69 Å². The highest BCUT2D eigenvalue weighted by Crippen LogP contribution is 2.26. The van der Waals surface area contributed by atoms with Crippen LogP contribution < -0.4 is 10.5 Å². The van der Waals surface area contributed by atoms with E-state index in [9.17, 15) is 0 Å². The van der Waals surface area contributed by atoms with Gasteiger partial charge in [-0.25, -0.2) is 0 Å². The average molecular weight is 282 g/mol. The minimum absolute atomic E-state index is 0.410. The Hall–Kier alpha value is -1.33. The number of nitrogens with two attached hydrogens (primary N) is 1. The Morgan fingerprint density at radius 2 is 2.19 bits per heavy atom. The molecule has 2 rings (SSSR count). The molecule has 0 aliphatic carbocycles. The van der Waals surface area contributed by atoms with Crippen molar-refractivity contribution in [3.8, 4) is 11.6 Å². The number of hydrogen-bond acceptors (Lipinski definition) is 3. The fourth-order valence-electron chi connectivity index (χ4n) is 1.52.